The number of piperidine rings is 1. The highest BCUT2D eigenvalue weighted by molar-refractivity contribution is 4.84. The van der Waals surface area contributed by atoms with Crippen LogP contribution in [0.1, 0.15) is 46.5 Å². The lowest BCUT2D eigenvalue weighted by Gasteiger charge is -2.37. The summed E-state index contributed by atoms with van der Waals surface area (Å²) >= 11 is 0. The van der Waals surface area contributed by atoms with Crippen LogP contribution in [-0.2, 0) is 4.74 Å². The van der Waals surface area contributed by atoms with Crippen LogP contribution in [-0.4, -0.2) is 73.9 Å². The fourth-order valence-electron chi connectivity index (χ4n) is 3.39. The van der Waals surface area contributed by atoms with Crippen molar-refractivity contribution in [2.24, 2.45) is 0 Å². The Morgan fingerprint density at radius 1 is 1.14 bits per heavy atom. The standard InChI is InChI=1S/C17H35N3O/c1-17(2,3)18-11-15-8-9-16(21-15)13-20-10-6-7-14(12-20)19(4)5/h14-16,18H,6-13H2,1-5H3. The van der Waals surface area contributed by atoms with Crippen molar-refractivity contribution in [3.05, 3.63) is 0 Å². The van der Waals surface area contributed by atoms with Gasteiger partial charge in [-0.1, -0.05) is 0 Å². The summed E-state index contributed by atoms with van der Waals surface area (Å²) in [6.45, 7) is 11.2. The number of likely N-dealkylation sites (N-methyl/N-ethyl adjacent to an activating group) is 1. The Morgan fingerprint density at radius 3 is 2.52 bits per heavy atom. The molecular formula is C17H35N3O. The van der Waals surface area contributed by atoms with Crippen LogP contribution >= 0.6 is 0 Å². The molecule has 0 spiro atoms. The molecule has 124 valence electrons. The quantitative estimate of drug-likeness (QED) is 0.839. The van der Waals surface area contributed by atoms with Crippen molar-refractivity contribution >= 4 is 0 Å². The molecule has 2 saturated heterocycles. The van der Waals surface area contributed by atoms with Crippen molar-refractivity contribution < 1.29 is 4.74 Å². The molecule has 0 aromatic rings. The Balaban J connectivity index is 1.70. The second-order valence-corrected chi connectivity index (χ2v) is 8.11. The second kappa shape index (κ2) is 7.40. The lowest BCUT2D eigenvalue weighted by Crippen LogP contribution is -2.47. The van der Waals surface area contributed by atoms with Crippen LogP contribution < -0.4 is 5.32 Å². The first kappa shape index (κ1) is 17.2. The fourth-order valence-corrected chi connectivity index (χ4v) is 3.39. The molecule has 21 heavy (non-hydrogen) atoms. The SMILES string of the molecule is CN(C)C1CCCN(CC2CCC(CNC(C)(C)C)O2)C1. The maximum absolute atomic E-state index is 6.24. The van der Waals surface area contributed by atoms with Gasteiger partial charge in [-0.3, -0.25) is 4.90 Å². The molecule has 2 rings (SSSR count). The second-order valence-electron chi connectivity index (χ2n) is 8.11. The van der Waals surface area contributed by atoms with Crippen molar-refractivity contribution in [2.75, 3.05) is 40.3 Å². The predicted molar refractivity (Wildman–Crippen MR) is 88.8 cm³/mol. The van der Waals surface area contributed by atoms with Crippen LogP contribution in [0.25, 0.3) is 0 Å². The Hall–Kier alpha value is -0.160. The van der Waals surface area contributed by atoms with E-state index in [1.165, 1.54) is 38.8 Å². The zero-order valence-corrected chi connectivity index (χ0v) is 14.7. The normalized spacial score (nSPS) is 32.0. The van der Waals surface area contributed by atoms with Gasteiger partial charge in [-0.15, -0.1) is 0 Å². The third-order valence-electron chi connectivity index (χ3n) is 4.73. The van der Waals surface area contributed by atoms with Gasteiger partial charge in [0.05, 0.1) is 12.2 Å². The zero-order valence-electron chi connectivity index (χ0n) is 14.7. The van der Waals surface area contributed by atoms with Crippen LogP contribution in [0.4, 0.5) is 0 Å². The molecule has 0 aromatic heterocycles. The minimum absolute atomic E-state index is 0.188. The molecule has 0 amide bonds. The van der Waals surface area contributed by atoms with Gasteiger partial charge >= 0.3 is 0 Å². The molecule has 1 N–H and O–H groups in total. The molecule has 0 aliphatic carbocycles. The maximum Gasteiger partial charge on any atom is 0.0707 e. The van der Waals surface area contributed by atoms with Gasteiger partial charge < -0.3 is 15.0 Å². The topological polar surface area (TPSA) is 27.7 Å². The van der Waals surface area contributed by atoms with Crippen molar-refractivity contribution in [1.29, 1.82) is 0 Å². The van der Waals surface area contributed by atoms with E-state index in [1.54, 1.807) is 0 Å². The summed E-state index contributed by atoms with van der Waals surface area (Å²) in [5, 5.41) is 3.56. The number of hydrogen-bond acceptors (Lipinski definition) is 4. The lowest BCUT2D eigenvalue weighted by molar-refractivity contribution is 0.0103. The summed E-state index contributed by atoms with van der Waals surface area (Å²) < 4.78 is 6.24. The summed E-state index contributed by atoms with van der Waals surface area (Å²) in [7, 11) is 4.41. The Kier molecular flexibility index (Phi) is 6.06. The number of rotatable bonds is 5. The summed E-state index contributed by atoms with van der Waals surface area (Å²) in [5.41, 5.74) is 0.188. The Bertz CT molecular complexity index is 314. The first-order valence-electron chi connectivity index (χ1n) is 8.63. The molecule has 3 atom stereocenters. The van der Waals surface area contributed by atoms with Gasteiger partial charge in [0.2, 0.25) is 0 Å². The van der Waals surface area contributed by atoms with Crippen LogP contribution in [0.15, 0.2) is 0 Å². The van der Waals surface area contributed by atoms with Crippen molar-refractivity contribution in [3.8, 4) is 0 Å². The minimum atomic E-state index is 0.188. The van der Waals surface area contributed by atoms with Crippen molar-refractivity contribution in [2.45, 2.75) is 70.2 Å². The molecule has 4 nitrogen and oxygen atoms in total. The van der Waals surface area contributed by atoms with Crippen molar-refractivity contribution in [3.63, 3.8) is 0 Å². The van der Waals surface area contributed by atoms with Gasteiger partial charge in [-0.2, -0.15) is 0 Å². The van der Waals surface area contributed by atoms with E-state index >= 15 is 0 Å². The molecule has 2 aliphatic rings. The Morgan fingerprint density at radius 2 is 1.86 bits per heavy atom. The number of likely N-dealkylation sites (tertiary alicyclic amines) is 1. The largest absolute Gasteiger partial charge is 0.372 e. The predicted octanol–water partition coefficient (Wildman–Crippen LogP) is 1.95. The molecule has 0 saturated carbocycles. The van der Waals surface area contributed by atoms with Crippen LogP contribution in [0, 0.1) is 0 Å². The smallest absolute Gasteiger partial charge is 0.0707 e. The molecule has 0 bridgehead atoms. The summed E-state index contributed by atoms with van der Waals surface area (Å²) in [6, 6.07) is 0.721. The van der Waals surface area contributed by atoms with E-state index in [4.69, 9.17) is 4.74 Å². The van der Waals surface area contributed by atoms with E-state index < -0.39 is 0 Å². The Labute approximate surface area is 131 Å². The van der Waals surface area contributed by atoms with Gasteiger partial charge in [0.1, 0.15) is 0 Å². The van der Waals surface area contributed by atoms with E-state index in [1.807, 2.05) is 0 Å². The summed E-state index contributed by atoms with van der Waals surface area (Å²) in [6.07, 6.45) is 5.94. The maximum atomic E-state index is 6.24. The van der Waals surface area contributed by atoms with Gasteiger partial charge in [-0.25, -0.2) is 0 Å². The first-order valence-corrected chi connectivity index (χ1v) is 8.63. The fraction of sp³-hybridized carbons (Fsp3) is 1.00. The van der Waals surface area contributed by atoms with Gasteiger partial charge in [0, 0.05) is 31.2 Å². The van der Waals surface area contributed by atoms with Gasteiger partial charge in [-0.05, 0) is 67.1 Å². The molecule has 2 aliphatic heterocycles. The van der Waals surface area contributed by atoms with Crippen LogP contribution in [0.5, 0.6) is 0 Å². The number of nitrogens with one attached hydrogen (secondary N) is 1. The van der Waals surface area contributed by atoms with Crippen molar-refractivity contribution in [1.82, 2.24) is 15.1 Å². The third kappa shape index (κ3) is 5.85. The highest BCUT2D eigenvalue weighted by Gasteiger charge is 2.29. The average molecular weight is 297 g/mol. The lowest BCUT2D eigenvalue weighted by atomic mass is 10.0. The number of hydrogen-bond donors (Lipinski definition) is 1. The highest BCUT2D eigenvalue weighted by atomic mass is 16.5. The van der Waals surface area contributed by atoms with E-state index in [0.29, 0.717) is 12.2 Å². The minimum Gasteiger partial charge on any atom is -0.372 e. The van der Waals surface area contributed by atoms with Gasteiger partial charge in [0.25, 0.3) is 0 Å². The average Bonchev–Trinajstić information content (AvgIpc) is 2.83. The molecular weight excluding hydrogens is 262 g/mol. The molecule has 2 fully saturated rings. The van der Waals surface area contributed by atoms with E-state index in [0.717, 1.165) is 19.1 Å². The number of nitrogens with zero attached hydrogens (tertiary/aromatic N) is 2. The van der Waals surface area contributed by atoms with E-state index in [9.17, 15) is 0 Å². The summed E-state index contributed by atoms with van der Waals surface area (Å²) in [5.74, 6) is 0. The van der Waals surface area contributed by atoms with E-state index in [-0.39, 0.29) is 5.54 Å². The van der Waals surface area contributed by atoms with Gasteiger partial charge in [0.15, 0.2) is 0 Å². The molecule has 2 heterocycles. The molecule has 0 radical (unpaired) electrons. The highest BCUT2D eigenvalue weighted by Crippen LogP contribution is 2.22. The van der Waals surface area contributed by atoms with E-state index in [2.05, 4.69) is 50.0 Å². The first-order chi connectivity index (χ1) is 9.83. The molecule has 0 aromatic carbocycles. The molecule has 3 unspecified atom stereocenters. The molecule has 4 heteroatoms. The third-order valence-corrected chi connectivity index (χ3v) is 4.73. The number of ether oxygens (including phenoxy) is 1. The summed E-state index contributed by atoms with van der Waals surface area (Å²) in [4.78, 5) is 4.98. The van der Waals surface area contributed by atoms with Crippen LogP contribution in [0.2, 0.25) is 0 Å². The zero-order chi connectivity index (χ0) is 15.5. The van der Waals surface area contributed by atoms with Crippen LogP contribution in [0.3, 0.4) is 0 Å². The monoisotopic (exact) mass is 297 g/mol.